The van der Waals surface area contributed by atoms with Gasteiger partial charge in [-0.1, -0.05) is 41.4 Å². The van der Waals surface area contributed by atoms with Crippen LogP contribution in [0, 0.1) is 5.82 Å². The second-order valence-corrected chi connectivity index (χ2v) is 8.11. The van der Waals surface area contributed by atoms with Gasteiger partial charge in [0.25, 0.3) is 17.7 Å². The first-order valence-electron chi connectivity index (χ1n) is 10.4. The standard InChI is InChI=1S/C25H18Cl2FN3O4/c1-2-35-20-9-4-3-8-19(20)30-23(32)14-6-5-7-15(12-14)29-22-21(27)24(33)31(25(22)34)16-10-11-18(28)17(26)13-16/h3-13,29H,2H2,1H3,(H,30,32). The molecule has 10 heteroatoms. The van der Waals surface area contributed by atoms with E-state index in [1.807, 2.05) is 6.92 Å². The largest absolute Gasteiger partial charge is 0.492 e. The van der Waals surface area contributed by atoms with Crippen molar-refractivity contribution in [1.82, 2.24) is 0 Å². The monoisotopic (exact) mass is 513 g/mol. The number of anilines is 3. The number of carbonyl (C=O) groups excluding carboxylic acids is 3. The molecule has 7 nitrogen and oxygen atoms in total. The number of hydrogen-bond acceptors (Lipinski definition) is 5. The van der Waals surface area contributed by atoms with Crippen LogP contribution in [0.5, 0.6) is 5.75 Å². The average Bonchev–Trinajstić information content (AvgIpc) is 3.05. The molecule has 4 rings (SSSR count). The van der Waals surface area contributed by atoms with E-state index in [1.165, 1.54) is 12.1 Å². The van der Waals surface area contributed by atoms with Crippen molar-refractivity contribution >= 4 is 58.0 Å². The van der Waals surface area contributed by atoms with Gasteiger partial charge in [-0.3, -0.25) is 14.4 Å². The van der Waals surface area contributed by atoms with E-state index in [-0.39, 0.29) is 27.0 Å². The molecular formula is C25H18Cl2FN3O4. The molecule has 1 heterocycles. The molecule has 0 radical (unpaired) electrons. The second-order valence-electron chi connectivity index (χ2n) is 7.32. The molecule has 0 bridgehead atoms. The van der Waals surface area contributed by atoms with E-state index in [1.54, 1.807) is 42.5 Å². The summed E-state index contributed by atoms with van der Waals surface area (Å²) in [6, 6.07) is 16.8. The van der Waals surface area contributed by atoms with Gasteiger partial charge < -0.3 is 15.4 Å². The molecule has 178 valence electrons. The number of imide groups is 1. The van der Waals surface area contributed by atoms with E-state index in [9.17, 15) is 18.8 Å². The van der Waals surface area contributed by atoms with Crippen molar-refractivity contribution in [1.29, 1.82) is 0 Å². The predicted octanol–water partition coefficient (Wildman–Crippen LogP) is 5.57. The van der Waals surface area contributed by atoms with Crippen LogP contribution in [0.25, 0.3) is 0 Å². The van der Waals surface area contributed by atoms with Gasteiger partial charge in [0.15, 0.2) is 0 Å². The van der Waals surface area contributed by atoms with Crippen LogP contribution in [-0.2, 0) is 9.59 Å². The zero-order valence-corrected chi connectivity index (χ0v) is 19.8. The van der Waals surface area contributed by atoms with E-state index in [4.69, 9.17) is 27.9 Å². The Labute approximate surface area is 210 Å². The van der Waals surface area contributed by atoms with E-state index in [2.05, 4.69) is 10.6 Å². The summed E-state index contributed by atoms with van der Waals surface area (Å²) in [5.41, 5.74) is 1.04. The normalized spacial score (nSPS) is 13.3. The summed E-state index contributed by atoms with van der Waals surface area (Å²) >= 11 is 11.9. The molecule has 0 saturated carbocycles. The fourth-order valence-corrected chi connectivity index (χ4v) is 3.79. The van der Waals surface area contributed by atoms with Crippen LogP contribution >= 0.6 is 23.2 Å². The van der Waals surface area contributed by atoms with Gasteiger partial charge in [-0.05, 0) is 55.5 Å². The topological polar surface area (TPSA) is 87.7 Å². The van der Waals surface area contributed by atoms with Crippen LogP contribution in [0.3, 0.4) is 0 Å². The van der Waals surface area contributed by atoms with Crippen LogP contribution < -0.4 is 20.3 Å². The maximum Gasteiger partial charge on any atom is 0.283 e. The maximum absolute atomic E-state index is 13.5. The summed E-state index contributed by atoms with van der Waals surface area (Å²) in [6.45, 7) is 2.28. The summed E-state index contributed by atoms with van der Waals surface area (Å²) in [4.78, 5) is 39.2. The van der Waals surface area contributed by atoms with Crippen molar-refractivity contribution in [2.75, 3.05) is 22.1 Å². The molecule has 3 amide bonds. The van der Waals surface area contributed by atoms with Crippen molar-refractivity contribution in [3.05, 3.63) is 93.9 Å². The molecule has 0 atom stereocenters. The molecule has 0 aromatic heterocycles. The second kappa shape index (κ2) is 10.2. The first-order valence-corrected chi connectivity index (χ1v) is 11.2. The fraction of sp³-hybridized carbons (Fsp3) is 0.0800. The highest BCUT2D eigenvalue weighted by Gasteiger charge is 2.39. The van der Waals surface area contributed by atoms with Crippen molar-refractivity contribution in [3.8, 4) is 5.75 Å². The predicted molar refractivity (Wildman–Crippen MR) is 132 cm³/mol. The average molecular weight is 514 g/mol. The van der Waals surface area contributed by atoms with Crippen molar-refractivity contribution < 1.29 is 23.5 Å². The lowest BCUT2D eigenvalue weighted by Crippen LogP contribution is -2.32. The van der Waals surface area contributed by atoms with Crippen LogP contribution in [0.4, 0.5) is 21.5 Å². The molecule has 1 aliphatic rings. The number of para-hydroxylation sites is 2. The summed E-state index contributed by atoms with van der Waals surface area (Å²) < 4.78 is 19.0. The fourth-order valence-electron chi connectivity index (χ4n) is 3.40. The number of rotatable bonds is 7. The van der Waals surface area contributed by atoms with Gasteiger partial charge in [0.05, 0.1) is 23.0 Å². The van der Waals surface area contributed by atoms with Crippen LogP contribution in [0.2, 0.25) is 5.02 Å². The molecule has 0 aliphatic carbocycles. The minimum absolute atomic E-state index is 0.0717. The molecule has 3 aromatic rings. The molecule has 0 fully saturated rings. The van der Waals surface area contributed by atoms with Crippen molar-refractivity contribution in [2.24, 2.45) is 0 Å². The summed E-state index contributed by atoms with van der Waals surface area (Å²) in [7, 11) is 0. The molecule has 0 saturated heterocycles. The van der Waals surface area contributed by atoms with E-state index in [0.29, 0.717) is 23.7 Å². The van der Waals surface area contributed by atoms with Gasteiger partial charge in [0, 0.05) is 11.3 Å². The van der Waals surface area contributed by atoms with Crippen molar-refractivity contribution in [3.63, 3.8) is 0 Å². The van der Waals surface area contributed by atoms with Gasteiger partial charge in [-0.2, -0.15) is 0 Å². The van der Waals surface area contributed by atoms with Gasteiger partial charge in [0.2, 0.25) is 0 Å². The summed E-state index contributed by atoms with van der Waals surface area (Å²) in [5.74, 6) is -2.10. The smallest absolute Gasteiger partial charge is 0.283 e. The Balaban J connectivity index is 1.54. The highest BCUT2D eigenvalue weighted by Crippen LogP contribution is 2.32. The van der Waals surface area contributed by atoms with Crippen molar-refractivity contribution in [2.45, 2.75) is 6.92 Å². The number of carbonyl (C=O) groups is 3. The third-order valence-corrected chi connectivity index (χ3v) is 5.66. The summed E-state index contributed by atoms with van der Waals surface area (Å²) in [5, 5.41) is 5.01. The highest BCUT2D eigenvalue weighted by atomic mass is 35.5. The van der Waals surface area contributed by atoms with Gasteiger partial charge >= 0.3 is 0 Å². The third kappa shape index (κ3) is 4.99. The lowest BCUT2D eigenvalue weighted by molar-refractivity contribution is -0.120. The maximum atomic E-state index is 13.5. The number of hydrogen-bond donors (Lipinski definition) is 2. The Hall–Kier alpha value is -3.88. The Morgan fingerprint density at radius 1 is 1.00 bits per heavy atom. The molecule has 0 unspecified atom stereocenters. The minimum Gasteiger partial charge on any atom is -0.492 e. The van der Waals surface area contributed by atoms with Gasteiger partial charge in [-0.25, -0.2) is 9.29 Å². The Morgan fingerprint density at radius 3 is 2.51 bits per heavy atom. The van der Waals surface area contributed by atoms with Crippen LogP contribution in [0.1, 0.15) is 17.3 Å². The number of nitrogens with zero attached hydrogens (tertiary/aromatic N) is 1. The molecular weight excluding hydrogens is 496 g/mol. The Morgan fingerprint density at radius 2 is 1.77 bits per heavy atom. The summed E-state index contributed by atoms with van der Waals surface area (Å²) in [6.07, 6.45) is 0. The third-order valence-electron chi connectivity index (χ3n) is 5.02. The first-order chi connectivity index (χ1) is 16.8. The van der Waals surface area contributed by atoms with Gasteiger partial charge in [-0.15, -0.1) is 0 Å². The van der Waals surface area contributed by atoms with E-state index < -0.39 is 23.5 Å². The quantitative estimate of drug-likeness (QED) is 0.403. The first kappa shape index (κ1) is 24.3. The number of halogens is 3. The zero-order chi connectivity index (χ0) is 25.1. The Kier molecular flexibility index (Phi) is 7.04. The molecule has 35 heavy (non-hydrogen) atoms. The molecule has 3 aromatic carbocycles. The number of ether oxygens (including phenoxy) is 1. The Bertz CT molecular complexity index is 1380. The van der Waals surface area contributed by atoms with Crippen LogP contribution in [0.15, 0.2) is 77.5 Å². The van der Waals surface area contributed by atoms with E-state index >= 15 is 0 Å². The number of amides is 3. The van der Waals surface area contributed by atoms with Gasteiger partial charge in [0.1, 0.15) is 22.3 Å². The zero-order valence-electron chi connectivity index (χ0n) is 18.3. The minimum atomic E-state index is -0.789. The molecule has 2 N–H and O–H groups in total. The SMILES string of the molecule is CCOc1ccccc1NC(=O)c1cccc(NC2=C(Cl)C(=O)N(c3ccc(F)c(Cl)c3)C2=O)c1. The number of nitrogens with one attached hydrogen (secondary N) is 2. The highest BCUT2D eigenvalue weighted by molar-refractivity contribution is 6.53. The molecule has 0 spiro atoms. The van der Waals surface area contributed by atoms with Crippen LogP contribution in [-0.4, -0.2) is 24.3 Å². The van der Waals surface area contributed by atoms with E-state index in [0.717, 1.165) is 17.0 Å². The lowest BCUT2D eigenvalue weighted by Gasteiger charge is -2.16. The number of benzene rings is 3. The molecule has 1 aliphatic heterocycles. The lowest BCUT2D eigenvalue weighted by atomic mass is 10.1.